The molecule has 2 aliphatic rings. The highest BCUT2D eigenvalue weighted by Crippen LogP contribution is 2.53. The number of ether oxygens (including phenoxy) is 2. The molecule has 0 radical (unpaired) electrons. The van der Waals surface area contributed by atoms with Gasteiger partial charge in [0.1, 0.15) is 0 Å². The average Bonchev–Trinajstić information content (AvgIpc) is 2.90. The maximum atomic E-state index is 13.5. The first-order valence-electron chi connectivity index (χ1n) is 6.95. The van der Waals surface area contributed by atoms with E-state index < -0.39 is 11.5 Å². The number of benzene rings is 1. The van der Waals surface area contributed by atoms with Gasteiger partial charge in [-0.3, -0.25) is 4.79 Å². The molecule has 1 aliphatic carbocycles. The van der Waals surface area contributed by atoms with Crippen molar-refractivity contribution in [2.24, 2.45) is 0 Å². The van der Waals surface area contributed by atoms with Crippen LogP contribution in [0.15, 0.2) is 0 Å². The molecule has 1 aliphatic heterocycles. The Morgan fingerprint density at radius 1 is 1.24 bits per heavy atom. The van der Waals surface area contributed by atoms with Crippen LogP contribution in [0.3, 0.4) is 0 Å². The molecule has 6 heteroatoms. The van der Waals surface area contributed by atoms with E-state index in [0.717, 1.165) is 29.5 Å². The quantitative estimate of drug-likeness (QED) is 0.793. The number of rotatable bonds is 3. The zero-order valence-electron chi connectivity index (χ0n) is 11.8. The minimum atomic E-state index is -3.65. The van der Waals surface area contributed by atoms with Crippen LogP contribution in [-0.2, 0) is 24.1 Å². The average molecular weight is 317 g/mol. The Morgan fingerprint density at radius 2 is 1.86 bits per heavy atom. The molecule has 0 unspecified atom stereocenters. The highest BCUT2D eigenvalue weighted by molar-refractivity contribution is 6.63. The lowest BCUT2D eigenvalue weighted by atomic mass is 9.88. The largest absolute Gasteiger partial charge is 0.586 e. The lowest BCUT2D eigenvalue weighted by molar-refractivity contribution is -0.287. The van der Waals surface area contributed by atoms with Crippen molar-refractivity contribution in [3.8, 4) is 11.5 Å². The number of hydrogen-bond acceptors (Lipinski definition) is 3. The van der Waals surface area contributed by atoms with Gasteiger partial charge in [0.15, 0.2) is 11.5 Å². The molecule has 0 fully saturated rings. The van der Waals surface area contributed by atoms with E-state index in [2.05, 4.69) is 0 Å². The van der Waals surface area contributed by atoms with Gasteiger partial charge in [-0.25, -0.2) is 0 Å². The molecule has 21 heavy (non-hydrogen) atoms. The number of alkyl halides is 2. The van der Waals surface area contributed by atoms with E-state index in [-0.39, 0.29) is 23.8 Å². The molecule has 3 nitrogen and oxygen atoms in total. The van der Waals surface area contributed by atoms with Gasteiger partial charge in [-0.05, 0) is 47.9 Å². The molecule has 0 amide bonds. The van der Waals surface area contributed by atoms with Crippen LogP contribution < -0.4 is 9.47 Å². The zero-order chi connectivity index (χ0) is 15.4. The summed E-state index contributed by atoms with van der Waals surface area (Å²) in [6.45, 7) is 3.75. The summed E-state index contributed by atoms with van der Waals surface area (Å²) in [5.41, 5.74) is 3.00. The fourth-order valence-electron chi connectivity index (χ4n) is 3.31. The maximum absolute atomic E-state index is 13.5. The number of carbonyl (C=O) groups excluding carboxylic acids is 1. The second-order valence-corrected chi connectivity index (χ2v) is 6.14. The minimum absolute atomic E-state index is 0.0274. The summed E-state index contributed by atoms with van der Waals surface area (Å²) in [4.78, 5) is 11.4. The molecular weight excluding hydrogens is 302 g/mol. The van der Waals surface area contributed by atoms with Crippen LogP contribution in [0, 0.1) is 0 Å². The number of halogens is 3. The van der Waals surface area contributed by atoms with Gasteiger partial charge in [0.25, 0.3) is 0 Å². The van der Waals surface area contributed by atoms with E-state index in [1.165, 1.54) is 0 Å². The third-order valence-electron chi connectivity index (χ3n) is 3.97. The van der Waals surface area contributed by atoms with Crippen molar-refractivity contribution in [2.45, 2.75) is 51.7 Å². The molecule has 0 saturated carbocycles. The van der Waals surface area contributed by atoms with Gasteiger partial charge in [-0.15, -0.1) is 8.78 Å². The second kappa shape index (κ2) is 4.83. The molecule has 0 N–H and O–H groups in total. The fraction of sp³-hybridized carbons (Fsp3) is 0.533. The lowest BCUT2D eigenvalue weighted by Crippen LogP contribution is -2.26. The Kier molecular flexibility index (Phi) is 3.35. The molecule has 0 atom stereocenters. The number of hydrogen-bond donors (Lipinski definition) is 0. The third-order valence-corrected chi connectivity index (χ3v) is 4.10. The van der Waals surface area contributed by atoms with Gasteiger partial charge in [0.2, 0.25) is 5.24 Å². The molecule has 3 rings (SSSR count). The van der Waals surface area contributed by atoms with Crippen molar-refractivity contribution < 1.29 is 23.0 Å². The molecule has 0 spiro atoms. The van der Waals surface area contributed by atoms with Crippen LogP contribution >= 0.6 is 11.6 Å². The van der Waals surface area contributed by atoms with Crippen molar-refractivity contribution in [2.75, 3.05) is 0 Å². The summed E-state index contributed by atoms with van der Waals surface area (Å²) >= 11 is 5.54. The van der Waals surface area contributed by atoms with Gasteiger partial charge in [0, 0.05) is 17.5 Å². The Labute approximate surface area is 126 Å². The van der Waals surface area contributed by atoms with Gasteiger partial charge >= 0.3 is 6.29 Å². The summed E-state index contributed by atoms with van der Waals surface area (Å²) in [5, 5.41) is -0.503. The molecule has 1 heterocycles. The fourth-order valence-corrected chi connectivity index (χ4v) is 3.44. The van der Waals surface area contributed by atoms with Crippen molar-refractivity contribution in [1.29, 1.82) is 0 Å². The third kappa shape index (κ3) is 2.37. The summed E-state index contributed by atoms with van der Waals surface area (Å²) in [7, 11) is 0. The van der Waals surface area contributed by atoms with E-state index in [9.17, 15) is 13.6 Å². The molecule has 0 aromatic heterocycles. The van der Waals surface area contributed by atoms with Crippen molar-refractivity contribution >= 4 is 16.8 Å². The van der Waals surface area contributed by atoms with E-state index in [1.807, 2.05) is 13.8 Å². The van der Waals surface area contributed by atoms with Gasteiger partial charge < -0.3 is 9.47 Å². The Balaban J connectivity index is 2.27. The number of carbonyl (C=O) groups is 1. The van der Waals surface area contributed by atoms with Crippen molar-refractivity contribution in [3.05, 3.63) is 22.3 Å². The highest BCUT2D eigenvalue weighted by atomic mass is 35.5. The van der Waals surface area contributed by atoms with Crippen molar-refractivity contribution in [3.63, 3.8) is 0 Å². The zero-order valence-corrected chi connectivity index (χ0v) is 12.5. The van der Waals surface area contributed by atoms with Crippen molar-refractivity contribution in [1.82, 2.24) is 0 Å². The minimum Gasteiger partial charge on any atom is -0.395 e. The van der Waals surface area contributed by atoms with Gasteiger partial charge in [-0.1, -0.05) is 13.8 Å². The lowest BCUT2D eigenvalue weighted by Gasteiger charge is -2.19. The van der Waals surface area contributed by atoms with E-state index >= 15 is 0 Å². The summed E-state index contributed by atoms with van der Waals surface area (Å²) in [6, 6.07) is 0. The van der Waals surface area contributed by atoms with Gasteiger partial charge in [0.05, 0.1) is 0 Å². The first-order valence-corrected chi connectivity index (χ1v) is 7.32. The number of fused-ring (bicyclic) bond motifs is 3. The summed E-state index contributed by atoms with van der Waals surface area (Å²) < 4.78 is 36.4. The molecular formula is C15H15ClF2O3. The smallest absolute Gasteiger partial charge is 0.395 e. The van der Waals surface area contributed by atoms with E-state index in [0.29, 0.717) is 12.0 Å². The predicted molar refractivity (Wildman–Crippen MR) is 73.3 cm³/mol. The summed E-state index contributed by atoms with van der Waals surface area (Å²) in [5.74, 6) is 0.138. The van der Waals surface area contributed by atoms with Crippen LogP contribution in [0.4, 0.5) is 8.78 Å². The first kappa shape index (κ1) is 14.6. The molecule has 1 aromatic rings. The molecule has 1 aromatic carbocycles. The van der Waals surface area contributed by atoms with Crippen LogP contribution in [0.1, 0.15) is 48.4 Å². The van der Waals surface area contributed by atoms with Crippen LogP contribution in [0.2, 0.25) is 0 Å². The van der Waals surface area contributed by atoms with E-state index in [1.54, 1.807) is 0 Å². The van der Waals surface area contributed by atoms with E-state index in [4.69, 9.17) is 21.1 Å². The van der Waals surface area contributed by atoms with Crippen LogP contribution in [0.5, 0.6) is 11.5 Å². The Bertz CT molecular complexity index is 626. The SMILES string of the molecule is CC(C)c1c(CC(=O)Cl)c2c(c3c1OC(F)(F)O3)CCC2. The molecule has 114 valence electrons. The highest BCUT2D eigenvalue weighted by Gasteiger charge is 2.48. The monoisotopic (exact) mass is 316 g/mol. The maximum Gasteiger partial charge on any atom is 0.586 e. The van der Waals surface area contributed by atoms with Gasteiger partial charge in [-0.2, -0.15) is 0 Å². The molecule has 0 bridgehead atoms. The Morgan fingerprint density at radius 3 is 2.48 bits per heavy atom. The van der Waals surface area contributed by atoms with Crippen LogP contribution in [0.25, 0.3) is 0 Å². The topological polar surface area (TPSA) is 35.5 Å². The second-order valence-electron chi connectivity index (χ2n) is 5.72. The Hall–Kier alpha value is -1.36. The summed E-state index contributed by atoms with van der Waals surface area (Å²) in [6.07, 6.45) is -1.37. The first-order chi connectivity index (χ1) is 9.80. The normalized spacial score (nSPS) is 18.2. The molecule has 0 saturated heterocycles. The standard InChI is InChI=1S/C15H15ClF2O3/c1-7(2)12-10(6-11(16)19)8-4-3-5-9(8)13-14(12)21-15(17,18)20-13/h7H,3-6H2,1-2H3. The van der Waals surface area contributed by atoms with Crippen LogP contribution in [-0.4, -0.2) is 11.5 Å². The predicted octanol–water partition coefficient (Wildman–Crippen LogP) is 3.93.